The average molecular weight is 353 g/mol. The molecular weight excluding hydrogens is 338 g/mol. The predicted octanol–water partition coefficient (Wildman–Crippen LogP) is 2.70. The lowest BCUT2D eigenvalue weighted by atomic mass is 10.2. The van der Waals surface area contributed by atoms with Crippen LogP contribution in [0.5, 0.6) is 0 Å². The summed E-state index contributed by atoms with van der Waals surface area (Å²) in [7, 11) is 0. The molecule has 2 rings (SSSR count). The van der Waals surface area contributed by atoms with Crippen LogP contribution in [0.1, 0.15) is 16.8 Å². The molecule has 2 aromatic carbocycles. The van der Waals surface area contributed by atoms with Crippen molar-refractivity contribution in [3.63, 3.8) is 0 Å². The van der Waals surface area contributed by atoms with E-state index in [1.54, 1.807) is 30.3 Å². The maximum atomic E-state index is 12.4. The van der Waals surface area contributed by atoms with Crippen molar-refractivity contribution in [2.45, 2.75) is 6.42 Å². The standard InChI is InChI=1S/C18H15N3O5/c19-11-4-12-20(15-5-2-1-3-6-15)17(22)13-26-18(23)14-7-9-16(10-8-14)21(24)25/h1-3,5-10H,4,12-13H2. The molecule has 0 aliphatic rings. The maximum absolute atomic E-state index is 12.4. The molecular formula is C18H15N3O5. The number of para-hydroxylation sites is 1. The van der Waals surface area contributed by atoms with Gasteiger partial charge in [-0.1, -0.05) is 18.2 Å². The minimum atomic E-state index is -0.762. The average Bonchev–Trinajstić information content (AvgIpc) is 2.67. The first-order chi connectivity index (χ1) is 12.5. The van der Waals surface area contributed by atoms with E-state index in [0.29, 0.717) is 5.69 Å². The molecule has 0 atom stereocenters. The molecule has 0 saturated heterocycles. The van der Waals surface area contributed by atoms with Gasteiger partial charge in [-0.05, 0) is 24.3 Å². The Kier molecular flexibility index (Phi) is 6.40. The van der Waals surface area contributed by atoms with Crippen LogP contribution in [0.4, 0.5) is 11.4 Å². The fraction of sp³-hybridized carbons (Fsp3) is 0.167. The number of ether oxygens (including phenoxy) is 1. The summed E-state index contributed by atoms with van der Waals surface area (Å²) < 4.78 is 4.99. The molecule has 0 saturated carbocycles. The molecule has 0 fully saturated rings. The highest BCUT2D eigenvalue weighted by molar-refractivity contribution is 5.97. The van der Waals surface area contributed by atoms with Crippen LogP contribution in [-0.2, 0) is 9.53 Å². The fourth-order valence-electron chi connectivity index (χ4n) is 2.18. The van der Waals surface area contributed by atoms with Gasteiger partial charge in [0.25, 0.3) is 11.6 Å². The van der Waals surface area contributed by atoms with Gasteiger partial charge in [0.2, 0.25) is 0 Å². The summed E-state index contributed by atoms with van der Waals surface area (Å²) in [6, 6.07) is 15.6. The van der Waals surface area contributed by atoms with Crippen molar-refractivity contribution in [2.75, 3.05) is 18.1 Å². The molecule has 0 radical (unpaired) electrons. The van der Waals surface area contributed by atoms with E-state index in [2.05, 4.69) is 0 Å². The van der Waals surface area contributed by atoms with Crippen LogP contribution < -0.4 is 4.90 Å². The highest BCUT2D eigenvalue weighted by atomic mass is 16.6. The molecule has 2 aromatic rings. The van der Waals surface area contributed by atoms with Gasteiger partial charge >= 0.3 is 5.97 Å². The number of carbonyl (C=O) groups excluding carboxylic acids is 2. The molecule has 0 unspecified atom stereocenters. The summed E-state index contributed by atoms with van der Waals surface area (Å²) >= 11 is 0. The monoisotopic (exact) mass is 353 g/mol. The highest BCUT2D eigenvalue weighted by Gasteiger charge is 2.18. The van der Waals surface area contributed by atoms with Crippen LogP contribution in [0.25, 0.3) is 0 Å². The lowest BCUT2D eigenvalue weighted by molar-refractivity contribution is -0.384. The van der Waals surface area contributed by atoms with Crippen molar-refractivity contribution in [2.24, 2.45) is 0 Å². The van der Waals surface area contributed by atoms with Crippen molar-refractivity contribution in [1.82, 2.24) is 0 Å². The number of carbonyl (C=O) groups is 2. The van der Waals surface area contributed by atoms with Crippen LogP contribution >= 0.6 is 0 Å². The number of anilines is 1. The van der Waals surface area contributed by atoms with E-state index in [-0.39, 0.29) is 24.2 Å². The van der Waals surface area contributed by atoms with Gasteiger partial charge in [0.15, 0.2) is 6.61 Å². The smallest absolute Gasteiger partial charge is 0.338 e. The molecule has 0 aliphatic heterocycles. The zero-order chi connectivity index (χ0) is 18.9. The summed E-state index contributed by atoms with van der Waals surface area (Å²) in [4.78, 5) is 35.8. The Hall–Kier alpha value is -3.73. The third-order valence-electron chi connectivity index (χ3n) is 3.46. The van der Waals surface area contributed by atoms with Gasteiger partial charge in [0.1, 0.15) is 0 Å². The molecule has 0 N–H and O–H groups in total. The summed E-state index contributed by atoms with van der Waals surface area (Å²) in [6.07, 6.45) is 0.136. The zero-order valence-electron chi connectivity index (χ0n) is 13.7. The Bertz CT molecular complexity index is 828. The number of amides is 1. The molecule has 1 amide bonds. The van der Waals surface area contributed by atoms with Gasteiger partial charge in [-0.25, -0.2) is 4.79 Å². The number of nitro benzene ring substituents is 1. The van der Waals surface area contributed by atoms with Crippen molar-refractivity contribution in [3.05, 3.63) is 70.3 Å². The molecule has 8 nitrogen and oxygen atoms in total. The van der Waals surface area contributed by atoms with Gasteiger partial charge in [-0.2, -0.15) is 5.26 Å². The van der Waals surface area contributed by atoms with E-state index in [0.717, 1.165) is 0 Å². The van der Waals surface area contributed by atoms with Crippen molar-refractivity contribution < 1.29 is 19.2 Å². The molecule has 0 aliphatic carbocycles. The first-order valence-corrected chi connectivity index (χ1v) is 7.67. The Morgan fingerprint density at radius 2 is 1.77 bits per heavy atom. The first-order valence-electron chi connectivity index (χ1n) is 7.67. The normalized spacial score (nSPS) is 9.81. The van der Waals surface area contributed by atoms with E-state index in [1.165, 1.54) is 29.2 Å². The van der Waals surface area contributed by atoms with Crippen molar-refractivity contribution >= 4 is 23.3 Å². The number of nitrogens with zero attached hydrogens (tertiary/aromatic N) is 3. The maximum Gasteiger partial charge on any atom is 0.338 e. The van der Waals surface area contributed by atoms with Gasteiger partial charge in [0, 0.05) is 24.4 Å². The minimum Gasteiger partial charge on any atom is -0.452 e. The van der Waals surface area contributed by atoms with E-state index in [1.807, 2.05) is 6.07 Å². The van der Waals surface area contributed by atoms with E-state index in [9.17, 15) is 19.7 Å². The van der Waals surface area contributed by atoms with Crippen LogP contribution in [0.3, 0.4) is 0 Å². The lowest BCUT2D eigenvalue weighted by Crippen LogP contribution is -2.35. The largest absolute Gasteiger partial charge is 0.452 e. The van der Waals surface area contributed by atoms with Gasteiger partial charge in [-0.3, -0.25) is 14.9 Å². The van der Waals surface area contributed by atoms with Crippen molar-refractivity contribution in [1.29, 1.82) is 5.26 Å². The second kappa shape index (κ2) is 8.94. The fourth-order valence-corrected chi connectivity index (χ4v) is 2.18. The summed E-state index contributed by atoms with van der Waals surface area (Å²) in [5.74, 6) is -1.23. The third-order valence-corrected chi connectivity index (χ3v) is 3.46. The van der Waals surface area contributed by atoms with E-state index in [4.69, 9.17) is 10.00 Å². The van der Waals surface area contributed by atoms with Crippen molar-refractivity contribution in [3.8, 4) is 6.07 Å². The van der Waals surface area contributed by atoms with Crippen LogP contribution in [0, 0.1) is 21.4 Å². The quantitative estimate of drug-likeness (QED) is 0.429. The molecule has 0 aromatic heterocycles. The summed E-state index contributed by atoms with van der Waals surface area (Å²) in [6.45, 7) is -0.329. The lowest BCUT2D eigenvalue weighted by Gasteiger charge is -2.21. The number of esters is 1. The predicted molar refractivity (Wildman–Crippen MR) is 92.4 cm³/mol. The minimum absolute atomic E-state index is 0.103. The zero-order valence-corrected chi connectivity index (χ0v) is 13.7. The second-order valence-corrected chi connectivity index (χ2v) is 5.17. The molecule has 0 spiro atoms. The van der Waals surface area contributed by atoms with Gasteiger partial charge < -0.3 is 9.64 Å². The van der Waals surface area contributed by atoms with Gasteiger partial charge in [0.05, 0.1) is 23.0 Å². The molecule has 8 heteroatoms. The topological polar surface area (TPSA) is 114 Å². The van der Waals surface area contributed by atoms with Gasteiger partial charge in [-0.15, -0.1) is 0 Å². The molecule has 0 bridgehead atoms. The number of hydrogen-bond acceptors (Lipinski definition) is 6. The Labute approximate surface area is 149 Å². The van der Waals surface area contributed by atoms with E-state index >= 15 is 0 Å². The molecule has 0 heterocycles. The number of benzene rings is 2. The van der Waals surface area contributed by atoms with Crippen LogP contribution in [-0.4, -0.2) is 30.0 Å². The third kappa shape index (κ3) is 4.88. The summed E-state index contributed by atoms with van der Waals surface area (Å²) in [5, 5.41) is 19.4. The number of rotatable bonds is 7. The number of non-ortho nitro benzene ring substituents is 1. The molecule has 26 heavy (non-hydrogen) atoms. The van der Waals surface area contributed by atoms with Crippen LogP contribution in [0.15, 0.2) is 54.6 Å². The Balaban J connectivity index is 2.01. The highest BCUT2D eigenvalue weighted by Crippen LogP contribution is 2.15. The van der Waals surface area contributed by atoms with Crippen LogP contribution in [0.2, 0.25) is 0 Å². The molecule has 132 valence electrons. The number of nitro groups is 1. The Morgan fingerprint density at radius 3 is 2.35 bits per heavy atom. The second-order valence-electron chi connectivity index (χ2n) is 5.17. The number of nitriles is 1. The first kappa shape index (κ1) is 18.6. The number of hydrogen-bond donors (Lipinski definition) is 0. The SMILES string of the molecule is N#CCCN(C(=O)COC(=O)c1ccc([N+](=O)[O-])cc1)c1ccccc1. The Morgan fingerprint density at radius 1 is 1.12 bits per heavy atom. The van der Waals surface area contributed by atoms with E-state index < -0.39 is 23.4 Å². The summed E-state index contributed by atoms with van der Waals surface area (Å²) in [5.41, 5.74) is 0.551.